The summed E-state index contributed by atoms with van der Waals surface area (Å²) >= 11 is 0. The third-order valence-electron chi connectivity index (χ3n) is 2.62. The molecule has 1 aromatic rings. The zero-order valence-corrected chi connectivity index (χ0v) is 12.2. The van der Waals surface area contributed by atoms with Crippen molar-refractivity contribution in [1.29, 1.82) is 0 Å². The number of carboxylic acids is 1. The van der Waals surface area contributed by atoms with Gasteiger partial charge in [0.15, 0.2) is 0 Å². The molecule has 2 N–H and O–H groups in total. The molecule has 0 fully saturated rings. The lowest BCUT2D eigenvalue weighted by molar-refractivity contribution is -0.137. The molecule has 0 radical (unpaired) electrons. The smallest absolute Gasteiger partial charge is 0.303 e. The number of nitrogens with one attached hydrogen (secondary N) is 1. The van der Waals surface area contributed by atoms with E-state index in [-0.39, 0.29) is 30.5 Å². The standard InChI is InChI=1S/C15H20FNO4/c1-10(2)21-13-8-7-11(16)9-12(13)17-14(18)5-3-4-6-15(19)20/h7-10H,3-6H2,1-2H3,(H,17,18)(H,19,20). The molecule has 0 aromatic heterocycles. The number of benzene rings is 1. The molecular weight excluding hydrogens is 277 g/mol. The highest BCUT2D eigenvalue weighted by molar-refractivity contribution is 5.92. The number of ether oxygens (including phenoxy) is 1. The molecule has 0 saturated carbocycles. The molecule has 6 heteroatoms. The van der Waals surface area contributed by atoms with Gasteiger partial charge in [0.1, 0.15) is 11.6 Å². The van der Waals surface area contributed by atoms with E-state index in [1.54, 1.807) is 0 Å². The van der Waals surface area contributed by atoms with Gasteiger partial charge in [-0.15, -0.1) is 0 Å². The highest BCUT2D eigenvalue weighted by Gasteiger charge is 2.11. The van der Waals surface area contributed by atoms with Crippen LogP contribution in [0.2, 0.25) is 0 Å². The lowest BCUT2D eigenvalue weighted by Crippen LogP contribution is -2.14. The van der Waals surface area contributed by atoms with Gasteiger partial charge in [-0.05, 0) is 38.8 Å². The van der Waals surface area contributed by atoms with E-state index in [4.69, 9.17) is 9.84 Å². The summed E-state index contributed by atoms with van der Waals surface area (Å²) < 4.78 is 18.8. The predicted octanol–water partition coefficient (Wildman–Crippen LogP) is 3.20. The summed E-state index contributed by atoms with van der Waals surface area (Å²) in [6.07, 6.45) is 1.02. The number of unbranched alkanes of at least 4 members (excludes halogenated alkanes) is 1. The van der Waals surface area contributed by atoms with Crippen LogP contribution in [0.3, 0.4) is 0 Å². The molecule has 0 unspecified atom stereocenters. The maximum atomic E-state index is 13.3. The normalized spacial score (nSPS) is 10.5. The summed E-state index contributed by atoms with van der Waals surface area (Å²) in [5, 5.41) is 11.1. The zero-order valence-electron chi connectivity index (χ0n) is 12.2. The summed E-state index contributed by atoms with van der Waals surface area (Å²) in [5.74, 6) is -1.23. The van der Waals surface area contributed by atoms with Crippen molar-refractivity contribution >= 4 is 17.6 Å². The molecule has 1 amide bonds. The van der Waals surface area contributed by atoms with E-state index < -0.39 is 11.8 Å². The lowest BCUT2D eigenvalue weighted by Gasteiger charge is -2.15. The van der Waals surface area contributed by atoms with Crippen molar-refractivity contribution in [2.45, 2.75) is 45.6 Å². The van der Waals surface area contributed by atoms with Crippen LogP contribution in [-0.4, -0.2) is 23.1 Å². The highest BCUT2D eigenvalue weighted by Crippen LogP contribution is 2.26. The molecule has 0 spiro atoms. The number of hydrogen-bond donors (Lipinski definition) is 2. The molecule has 0 heterocycles. The predicted molar refractivity (Wildman–Crippen MR) is 76.9 cm³/mol. The van der Waals surface area contributed by atoms with Gasteiger partial charge in [-0.3, -0.25) is 9.59 Å². The van der Waals surface area contributed by atoms with Crippen molar-refractivity contribution in [2.75, 3.05) is 5.32 Å². The van der Waals surface area contributed by atoms with E-state index in [9.17, 15) is 14.0 Å². The van der Waals surface area contributed by atoms with Gasteiger partial charge in [-0.2, -0.15) is 0 Å². The van der Waals surface area contributed by atoms with Crippen molar-refractivity contribution in [2.24, 2.45) is 0 Å². The summed E-state index contributed by atoms with van der Waals surface area (Å²) in [4.78, 5) is 22.1. The Hall–Kier alpha value is -2.11. The minimum atomic E-state index is -0.881. The number of anilines is 1. The fraction of sp³-hybridized carbons (Fsp3) is 0.467. The number of carboxylic acid groups (broad SMARTS) is 1. The topological polar surface area (TPSA) is 75.6 Å². The number of rotatable bonds is 8. The monoisotopic (exact) mass is 297 g/mol. The molecule has 5 nitrogen and oxygen atoms in total. The molecule has 0 aliphatic rings. The number of carbonyl (C=O) groups excluding carboxylic acids is 1. The van der Waals surface area contributed by atoms with Gasteiger partial charge < -0.3 is 15.2 Å². The Balaban J connectivity index is 2.58. The number of amides is 1. The van der Waals surface area contributed by atoms with E-state index in [1.807, 2.05) is 13.8 Å². The Morgan fingerprint density at radius 1 is 1.29 bits per heavy atom. The molecular formula is C15H20FNO4. The molecule has 0 aliphatic heterocycles. The number of aliphatic carboxylic acids is 1. The van der Waals surface area contributed by atoms with Crippen molar-refractivity contribution in [1.82, 2.24) is 0 Å². The molecule has 21 heavy (non-hydrogen) atoms. The Morgan fingerprint density at radius 2 is 1.95 bits per heavy atom. The van der Waals surface area contributed by atoms with Crippen LogP contribution >= 0.6 is 0 Å². The second-order valence-electron chi connectivity index (χ2n) is 4.96. The van der Waals surface area contributed by atoms with Crippen LogP contribution in [0.25, 0.3) is 0 Å². The van der Waals surface area contributed by atoms with Crippen molar-refractivity contribution in [3.05, 3.63) is 24.0 Å². The Morgan fingerprint density at radius 3 is 2.57 bits per heavy atom. The van der Waals surface area contributed by atoms with Crippen LogP contribution in [0.4, 0.5) is 10.1 Å². The molecule has 0 atom stereocenters. The van der Waals surface area contributed by atoms with Gasteiger partial charge in [0.2, 0.25) is 5.91 Å². The SMILES string of the molecule is CC(C)Oc1ccc(F)cc1NC(=O)CCCCC(=O)O. The van der Waals surface area contributed by atoms with E-state index in [2.05, 4.69) is 5.32 Å². The van der Waals surface area contributed by atoms with Crippen LogP contribution in [0.5, 0.6) is 5.75 Å². The summed E-state index contributed by atoms with van der Waals surface area (Å²) in [6.45, 7) is 3.67. The van der Waals surface area contributed by atoms with Gasteiger partial charge >= 0.3 is 5.97 Å². The minimum Gasteiger partial charge on any atom is -0.489 e. The van der Waals surface area contributed by atoms with Crippen molar-refractivity contribution in [3.8, 4) is 5.75 Å². The largest absolute Gasteiger partial charge is 0.489 e. The molecule has 116 valence electrons. The first-order chi connectivity index (χ1) is 9.88. The van der Waals surface area contributed by atoms with E-state index in [0.29, 0.717) is 18.6 Å². The fourth-order valence-electron chi connectivity index (χ4n) is 1.73. The summed E-state index contributed by atoms with van der Waals surface area (Å²) in [7, 11) is 0. The first-order valence-electron chi connectivity index (χ1n) is 6.86. The van der Waals surface area contributed by atoms with Crippen LogP contribution in [0.15, 0.2) is 18.2 Å². The quantitative estimate of drug-likeness (QED) is 0.722. The van der Waals surface area contributed by atoms with Gasteiger partial charge in [-0.25, -0.2) is 4.39 Å². The highest BCUT2D eigenvalue weighted by atomic mass is 19.1. The molecule has 0 bridgehead atoms. The van der Waals surface area contributed by atoms with Crippen LogP contribution in [-0.2, 0) is 9.59 Å². The molecule has 0 aliphatic carbocycles. The fourth-order valence-corrected chi connectivity index (χ4v) is 1.73. The summed E-state index contributed by atoms with van der Waals surface area (Å²) in [5.41, 5.74) is 0.284. The molecule has 1 rings (SSSR count). The average Bonchev–Trinajstić information content (AvgIpc) is 2.37. The summed E-state index contributed by atoms with van der Waals surface area (Å²) in [6, 6.07) is 3.93. The number of halogens is 1. The average molecular weight is 297 g/mol. The minimum absolute atomic E-state index is 0.0367. The first kappa shape index (κ1) is 16.9. The van der Waals surface area contributed by atoms with Crippen LogP contribution < -0.4 is 10.1 Å². The van der Waals surface area contributed by atoms with E-state index >= 15 is 0 Å². The van der Waals surface area contributed by atoms with Gasteiger partial charge in [0, 0.05) is 18.9 Å². The Kier molecular flexibility index (Phi) is 6.65. The van der Waals surface area contributed by atoms with Crippen LogP contribution in [0.1, 0.15) is 39.5 Å². The first-order valence-corrected chi connectivity index (χ1v) is 6.86. The number of carbonyl (C=O) groups is 2. The third kappa shape index (κ3) is 6.74. The molecule has 1 aromatic carbocycles. The maximum Gasteiger partial charge on any atom is 0.303 e. The second-order valence-corrected chi connectivity index (χ2v) is 4.96. The van der Waals surface area contributed by atoms with Gasteiger partial charge in [0.05, 0.1) is 11.8 Å². The molecule has 0 saturated heterocycles. The van der Waals surface area contributed by atoms with E-state index in [1.165, 1.54) is 18.2 Å². The third-order valence-corrected chi connectivity index (χ3v) is 2.62. The second kappa shape index (κ2) is 8.24. The van der Waals surface area contributed by atoms with Crippen molar-refractivity contribution < 1.29 is 23.8 Å². The zero-order chi connectivity index (χ0) is 15.8. The van der Waals surface area contributed by atoms with Gasteiger partial charge in [0.25, 0.3) is 0 Å². The number of hydrogen-bond acceptors (Lipinski definition) is 3. The Bertz CT molecular complexity index is 502. The lowest BCUT2D eigenvalue weighted by atomic mass is 10.2. The van der Waals surface area contributed by atoms with Crippen molar-refractivity contribution in [3.63, 3.8) is 0 Å². The van der Waals surface area contributed by atoms with Gasteiger partial charge in [-0.1, -0.05) is 0 Å². The Labute approximate surface area is 123 Å². The van der Waals surface area contributed by atoms with E-state index in [0.717, 1.165) is 0 Å². The van der Waals surface area contributed by atoms with Crippen LogP contribution in [0, 0.1) is 5.82 Å². The maximum absolute atomic E-state index is 13.3.